The molecule has 0 N–H and O–H groups in total. The van der Waals surface area contributed by atoms with Crippen molar-refractivity contribution in [2.45, 2.75) is 0 Å². The van der Waals surface area contributed by atoms with E-state index in [0.717, 1.165) is 6.07 Å². The maximum absolute atomic E-state index is 13.1. The molecule has 13 heavy (non-hydrogen) atoms. The highest BCUT2D eigenvalue weighted by Crippen LogP contribution is 2.09. The van der Waals surface area contributed by atoms with Crippen molar-refractivity contribution < 1.29 is 13.6 Å². The zero-order chi connectivity index (χ0) is 9.59. The smallest absolute Gasteiger partial charge is 0.266 e. The number of halogens is 3. The Labute approximate surface area is 79.7 Å². The SMILES string of the molecule is O=C1N=c2cc(F)cc(F)c2=C1Br. The van der Waals surface area contributed by atoms with E-state index >= 15 is 0 Å². The third-order valence-electron chi connectivity index (χ3n) is 1.66. The van der Waals surface area contributed by atoms with Gasteiger partial charge in [0.2, 0.25) is 0 Å². The molecule has 1 aromatic carbocycles. The molecule has 0 bridgehead atoms. The molecule has 0 aromatic heterocycles. The average Bonchev–Trinajstić information content (AvgIpc) is 2.27. The molecule has 2 rings (SSSR count). The van der Waals surface area contributed by atoms with Gasteiger partial charge in [0.05, 0.1) is 15.1 Å². The Kier molecular flexibility index (Phi) is 1.76. The van der Waals surface area contributed by atoms with Crippen LogP contribution in [0.5, 0.6) is 0 Å². The number of amides is 1. The van der Waals surface area contributed by atoms with E-state index in [4.69, 9.17) is 0 Å². The molecule has 0 radical (unpaired) electrons. The van der Waals surface area contributed by atoms with Crippen LogP contribution in [-0.4, -0.2) is 5.91 Å². The number of carbonyl (C=O) groups is 1. The number of nitrogens with zero attached hydrogens (tertiary/aromatic N) is 1. The average molecular weight is 246 g/mol. The van der Waals surface area contributed by atoms with Gasteiger partial charge in [-0.25, -0.2) is 13.8 Å². The van der Waals surface area contributed by atoms with E-state index in [1.165, 1.54) is 0 Å². The van der Waals surface area contributed by atoms with Gasteiger partial charge in [-0.2, -0.15) is 0 Å². The molecular formula is C8H2BrF2NO. The summed E-state index contributed by atoms with van der Waals surface area (Å²) in [6, 6.07) is 1.73. The lowest BCUT2D eigenvalue weighted by atomic mass is 10.2. The Hall–Kier alpha value is -1.10. The Morgan fingerprint density at radius 3 is 2.69 bits per heavy atom. The zero-order valence-electron chi connectivity index (χ0n) is 6.14. The highest BCUT2D eigenvalue weighted by atomic mass is 79.9. The third-order valence-corrected chi connectivity index (χ3v) is 2.40. The van der Waals surface area contributed by atoms with Crippen molar-refractivity contribution in [1.82, 2.24) is 0 Å². The van der Waals surface area contributed by atoms with Gasteiger partial charge in [0.15, 0.2) is 0 Å². The summed E-state index contributed by atoms with van der Waals surface area (Å²) in [6.07, 6.45) is 0. The predicted octanol–water partition coefficient (Wildman–Crippen LogP) is 0.628. The van der Waals surface area contributed by atoms with E-state index in [1.807, 2.05) is 0 Å². The van der Waals surface area contributed by atoms with Crippen molar-refractivity contribution in [3.05, 3.63) is 34.3 Å². The van der Waals surface area contributed by atoms with Crippen LogP contribution < -0.4 is 10.6 Å². The molecule has 5 heteroatoms. The fourth-order valence-electron chi connectivity index (χ4n) is 1.13. The maximum atomic E-state index is 13.1. The number of hydrogen-bond acceptors (Lipinski definition) is 1. The summed E-state index contributed by atoms with van der Waals surface area (Å²) in [4.78, 5) is 14.4. The van der Waals surface area contributed by atoms with Crippen LogP contribution in [0.3, 0.4) is 0 Å². The van der Waals surface area contributed by atoms with Gasteiger partial charge >= 0.3 is 0 Å². The van der Waals surface area contributed by atoms with Crippen LogP contribution >= 0.6 is 15.9 Å². The summed E-state index contributed by atoms with van der Waals surface area (Å²) in [5.41, 5.74) is 0. The Balaban J connectivity index is 3.01. The summed E-state index contributed by atoms with van der Waals surface area (Å²) >= 11 is 2.89. The standard InChI is InChI=1S/C8H2BrF2NO/c9-7-6-4(11)1-3(10)2-5(6)12-8(7)13/h1-2H. The van der Waals surface area contributed by atoms with E-state index in [-0.39, 0.29) is 15.1 Å². The minimum Gasteiger partial charge on any atom is -0.266 e. The van der Waals surface area contributed by atoms with Crippen molar-refractivity contribution in [3.63, 3.8) is 0 Å². The Morgan fingerprint density at radius 1 is 1.31 bits per heavy atom. The molecule has 1 aliphatic heterocycles. The number of carbonyl (C=O) groups excluding carboxylic acids is 1. The number of hydrogen-bond donors (Lipinski definition) is 0. The van der Waals surface area contributed by atoms with Crippen molar-refractivity contribution in [2.75, 3.05) is 0 Å². The van der Waals surface area contributed by atoms with E-state index in [0.29, 0.717) is 6.07 Å². The second-order valence-corrected chi connectivity index (χ2v) is 3.31. The van der Waals surface area contributed by atoms with Crippen LogP contribution in [0.25, 0.3) is 4.48 Å². The lowest BCUT2D eigenvalue weighted by Crippen LogP contribution is -2.26. The fraction of sp³-hybridized carbons (Fsp3) is 0. The molecule has 0 saturated heterocycles. The van der Waals surface area contributed by atoms with E-state index in [1.54, 1.807) is 0 Å². The monoisotopic (exact) mass is 245 g/mol. The quantitative estimate of drug-likeness (QED) is 0.660. The molecule has 0 aliphatic carbocycles. The molecule has 0 fully saturated rings. The van der Waals surface area contributed by atoms with Gasteiger partial charge in [-0.1, -0.05) is 0 Å². The summed E-state index contributed by atoms with van der Waals surface area (Å²) in [6.45, 7) is 0. The first-order chi connectivity index (χ1) is 6.09. The van der Waals surface area contributed by atoms with Gasteiger partial charge in [-0.15, -0.1) is 0 Å². The topological polar surface area (TPSA) is 29.4 Å². The first kappa shape index (κ1) is 8.50. The van der Waals surface area contributed by atoms with Crippen LogP contribution in [0, 0.1) is 11.6 Å². The normalized spacial score (nSPS) is 14.4. The first-order valence-electron chi connectivity index (χ1n) is 3.37. The lowest BCUT2D eigenvalue weighted by molar-refractivity contribution is -0.112. The van der Waals surface area contributed by atoms with Gasteiger partial charge in [-0.3, -0.25) is 4.79 Å². The largest absolute Gasteiger partial charge is 0.285 e. The van der Waals surface area contributed by atoms with Crippen molar-refractivity contribution in [3.8, 4) is 0 Å². The third kappa shape index (κ3) is 1.19. The van der Waals surface area contributed by atoms with Crippen LogP contribution in [-0.2, 0) is 4.79 Å². The molecule has 2 nitrogen and oxygen atoms in total. The molecule has 0 atom stereocenters. The molecule has 0 unspecified atom stereocenters. The first-order valence-corrected chi connectivity index (χ1v) is 4.17. The van der Waals surface area contributed by atoms with Crippen LogP contribution in [0.1, 0.15) is 0 Å². The Bertz CT molecular complexity index is 524. The van der Waals surface area contributed by atoms with E-state index < -0.39 is 17.5 Å². The molecule has 1 aromatic rings. The minimum atomic E-state index is -0.781. The lowest BCUT2D eigenvalue weighted by Gasteiger charge is -1.89. The summed E-state index contributed by atoms with van der Waals surface area (Å²) in [7, 11) is 0. The molecule has 0 saturated carbocycles. The minimum absolute atomic E-state index is 0.0337. The summed E-state index contributed by atoms with van der Waals surface area (Å²) in [5.74, 6) is -2.11. The molecule has 66 valence electrons. The molecule has 1 amide bonds. The molecule has 1 heterocycles. The highest BCUT2D eigenvalue weighted by molar-refractivity contribution is 9.15. The van der Waals surface area contributed by atoms with E-state index in [2.05, 4.69) is 20.9 Å². The van der Waals surface area contributed by atoms with Gasteiger partial charge in [0, 0.05) is 12.1 Å². The fourth-order valence-corrected chi connectivity index (χ4v) is 1.61. The maximum Gasteiger partial charge on any atom is 0.285 e. The number of fused-ring (bicyclic) bond motifs is 1. The second-order valence-electron chi connectivity index (χ2n) is 2.51. The van der Waals surface area contributed by atoms with Crippen molar-refractivity contribution >= 4 is 26.3 Å². The van der Waals surface area contributed by atoms with Gasteiger partial charge < -0.3 is 0 Å². The molecular weight excluding hydrogens is 244 g/mol. The van der Waals surface area contributed by atoms with E-state index in [9.17, 15) is 13.6 Å². The molecule has 1 aliphatic rings. The second kappa shape index (κ2) is 2.70. The zero-order valence-corrected chi connectivity index (χ0v) is 7.73. The predicted molar refractivity (Wildman–Crippen MR) is 44.5 cm³/mol. The molecule has 0 spiro atoms. The number of rotatable bonds is 0. The summed E-state index contributed by atoms with van der Waals surface area (Å²) < 4.78 is 25.8. The Morgan fingerprint density at radius 2 is 2.00 bits per heavy atom. The van der Waals surface area contributed by atoms with Gasteiger partial charge in [-0.05, 0) is 15.9 Å². The number of benzene rings is 1. The highest BCUT2D eigenvalue weighted by Gasteiger charge is 2.16. The van der Waals surface area contributed by atoms with Crippen LogP contribution in [0.2, 0.25) is 0 Å². The van der Waals surface area contributed by atoms with Crippen molar-refractivity contribution in [2.24, 2.45) is 4.99 Å². The van der Waals surface area contributed by atoms with Crippen LogP contribution in [0.4, 0.5) is 8.78 Å². The summed E-state index contributed by atoms with van der Waals surface area (Å²) in [5, 5.41) is 0.0702. The van der Waals surface area contributed by atoms with Crippen molar-refractivity contribution in [1.29, 1.82) is 0 Å². The van der Waals surface area contributed by atoms with Crippen LogP contribution in [0.15, 0.2) is 17.1 Å². The van der Waals surface area contributed by atoms with Gasteiger partial charge in [0.1, 0.15) is 11.6 Å². The van der Waals surface area contributed by atoms with Gasteiger partial charge in [0.25, 0.3) is 5.91 Å².